The summed E-state index contributed by atoms with van der Waals surface area (Å²) in [5, 5.41) is 17.8. The molecule has 0 saturated carbocycles. The monoisotopic (exact) mass is 546 g/mol. The van der Waals surface area contributed by atoms with Crippen LogP contribution in [0.3, 0.4) is 0 Å². The maximum Gasteiger partial charge on any atom is 0.412 e. The number of thiazole rings is 2. The van der Waals surface area contributed by atoms with E-state index < -0.39 is 24.0 Å². The van der Waals surface area contributed by atoms with Gasteiger partial charge in [-0.15, -0.1) is 22.7 Å². The number of alkyl halides is 3. The quantitative estimate of drug-likeness (QED) is 0.272. The van der Waals surface area contributed by atoms with E-state index in [1.165, 1.54) is 59.1 Å². The molecule has 4 rings (SSSR count). The van der Waals surface area contributed by atoms with Gasteiger partial charge < -0.3 is 15.7 Å². The van der Waals surface area contributed by atoms with E-state index in [0.717, 1.165) is 21.6 Å². The van der Waals surface area contributed by atoms with Gasteiger partial charge in [0.2, 0.25) is 5.91 Å². The third-order valence-corrected chi connectivity index (χ3v) is 7.08. The number of hydrogen-bond donors (Lipinski definition) is 3. The zero-order valence-electron chi connectivity index (χ0n) is 19.6. The van der Waals surface area contributed by atoms with Crippen LogP contribution >= 0.6 is 22.7 Å². The summed E-state index contributed by atoms with van der Waals surface area (Å²) >= 11 is 2.73. The fourth-order valence-corrected chi connectivity index (χ4v) is 5.35. The first-order chi connectivity index (χ1) is 17.5. The molecule has 192 valence electrons. The van der Waals surface area contributed by atoms with Gasteiger partial charge in [0, 0.05) is 10.9 Å². The maximum atomic E-state index is 13.6. The van der Waals surface area contributed by atoms with E-state index in [1.54, 1.807) is 11.4 Å². The summed E-state index contributed by atoms with van der Waals surface area (Å²) in [4.78, 5) is 35.0. The highest BCUT2D eigenvalue weighted by Gasteiger charge is 2.42. The second-order valence-electron chi connectivity index (χ2n) is 8.16. The Morgan fingerprint density at radius 2 is 1.81 bits per heavy atom. The fourth-order valence-electron chi connectivity index (χ4n) is 3.67. The molecule has 0 aliphatic rings. The smallest absolute Gasteiger partial charge is 0.412 e. The Bertz CT molecular complexity index is 1430. The summed E-state index contributed by atoms with van der Waals surface area (Å²) < 4.78 is 40.9. The molecular formula is C25H21F3N4O3S2. The highest BCUT2D eigenvalue weighted by atomic mass is 32.1. The Kier molecular flexibility index (Phi) is 7.60. The second kappa shape index (κ2) is 10.7. The number of carbonyl (C=O) groups is 2. The third kappa shape index (κ3) is 6.52. The molecule has 0 aliphatic carbocycles. The molecule has 1 atom stereocenters. The molecule has 37 heavy (non-hydrogen) atoms. The van der Waals surface area contributed by atoms with Crippen molar-refractivity contribution in [3.8, 4) is 16.3 Å². The summed E-state index contributed by atoms with van der Waals surface area (Å²) in [6, 6.07) is 8.32. The first-order valence-corrected chi connectivity index (χ1v) is 12.6. The number of hydrogen-bond acceptors (Lipinski definition) is 7. The molecule has 2 amide bonds. The predicted octanol–water partition coefficient (Wildman–Crippen LogP) is 5.80. The molecular weight excluding hydrogens is 525 g/mol. The minimum atomic E-state index is -4.74. The molecule has 3 N–H and O–H groups in total. The summed E-state index contributed by atoms with van der Waals surface area (Å²) in [5.41, 5.74) is 1.44. The molecule has 4 aromatic rings. The van der Waals surface area contributed by atoms with Crippen LogP contribution in [0.25, 0.3) is 10.6 Å². The van der Waals surface area contributed by atoms with E-state index in [-0.39, 0.29) is 28.9 Å². The number of phenols is 1. The van der Waals surface area contributed by atoms with E-state index in [1.807, 2.05) is 19.2 Å². The molecule has 12 heteroatoms. The predicted molar refractivity (Wildman–Crippen MR) is 136 cm³/mol. The number of aromatic nitrogens is 2. The van der Waals surface area contributed by atoms with Gasteiger partial charge in [-0.1, -0.05) is 30.3 Å². The van der Waals surface area contributed by atoms with Crippen LogP contribution in [0.5, 0.6) is 5.75 Å². The van der Waals surface area contributed by atoms with Crippen molar-refractivity contribution in [2.45, 2.75) is 32.5 Å². The molecule has 0 aliphatic heterocycles. The van der Waals surface area contributed by atoms with Gasteiger partial charge in [-0.2, -0.15) is 13.2 Å². The number of nitrogens with one attached hydrogen (secondary N) is 2. The van der Waals surface area contributed by atoms with Crippen molar-refractivity contribution in [2.75, 3.05) is 5.32 Å². The van der Waals surface area contributed by atoms with Crippen molar-refractivity contribution in [3.05, 3.63) is 81.3 Å². The van der Waals surface area contributed by atoms with E-state index in [4.69, 9.17) is 0 Å². The lowest BCUT2D eigenvalue weighted by molar-refractivity contribution is -0.155. The lowest BCUT2D eigenvalue weighted by Crippen LogP contribution is -2.38. The van der Waals surface area contributed by atoms with Crippen molar-refractivity contribution in [3.63, 3.8) is 0 Å². The van der Waals surface area contributed by atoms with Gasteiger partial charge in [-0.05, 0) is 43.2 Å². The fraction of sp³-hybridized carbons (Fsp3) is 0.200. The first-order valence-electron chi connectivity index (χ1n) is 10.9. The van der Waals surface area contributed by atoms with Gasteiger partial charge in [0.1, 0.15) is 5.75 Å². The molecule has 2 heterocycles. The van der Waals surface area contributed by atoms with Crippen molar-refractivity contribution in [2.24, 2.45) is 0 Å². The number of aromatic hydroxyl groups is 1. The molecule has 7 nitrogen and oxygen atoms in total. The summed E-state index contributed by atoms with van der Waals surface area (Å²) in [7, 11) is 0. The summed E-state index contributed by atoms with van der Waals surface area (Å²) in [5.74, 6) is -1.86. The van der Waals surface area contributed by atoms with Crippen LogP contribution in [-0.4, -0.2) is 33.1 Å². The van der Waals surface area contributed by atoms with Crippen molar-refractivity contribution < 1.29 is 27.9 Å². The Labute approximate surface area is 218 Å². The van der Waals surface area contributed by atoms with E-state index in [2.05, 4.69) is 15.3 Å². The van der Waals surface area contributed by atoms with E-state index in [9.17, 15) is 27.9 Å². The van der Waals surface area contributed by atoms with Crippen LogP contribution in [0.15, 0.2) is 53.9 Å². The first kappa shape index (κ1) is 26.3. The third-order valence-electron chi connectivity index (χ3n) is 5.23. The summed E-state index contributed by atoms with van der Waals surface area (Å²) in [6.07, 6.45) is -4.97. The highest BCUT2D eigenvalue weighted by Crippen LogP contribution is 2.34. The molecule has 0 radical (unpaired) electrons. The summed E-state index contributed by atoms with van der Waals surface area (Å²) in [6.45, 7) is 3.77. The van der Waals surface area contributed by atoms with Crippen molar-refractivity contribution >= 4 is 39.6 Å². The van der Waals surface area contributed by atoms with E-state index >= 15 is 0 Å². The van der Waals surface area contributed by atoms with Crippen LogP contribution in [0.1, 0.15) is 38.2 Å². The average Bonchev–Trinajstić information content (AvgIpc) is 3.41. The van der Waals surface area contributed by atoms with Gasteiger partial charge >= 0.3 is 6.18 Å². The lowest BCUT2D eigenvalue weighted by Gasteiger charge is -2.22. The highest BCUT2D eigenvalue weighted by molar-refractivity contribution is 7.16. The van der Waals surface area contributed by atoms with Crippen LogP contribution < -0.4 is 10.6 Å². The molecule has 2 aromatic heterocycles. The topological polar surface area (TPSA) is 104 Å². The molecule has 0 bridgehead atoms. The normalized spacial score (nSPS) is 12.2. The molecule has 0 unspecified atom stereocenters. The Morgan fingerprint density at radius 3 is 2.46 bits per heavy atom. The number of carbonyl (C=O) groups excluding carboxylic acids is 2. The van der Waals surface area contributed by atoms with Gasteiger partial charge in [-0.3, -0.25) is 9.59 Å². The minimum Gasteiger partial charge on any atom is -0.508 e. The number of halogens is 3. The molecule has 0 fully saturated rings. The zero-order chi connectivity index (χ0) is 26.7. The van der Waals surface area contributed by atoms with Crippen molar-refractivity contribution in [1.29, 1.82) is 0 Å². The Morgan fingerprint density at radius 1 is 1.08 bits per heavy atom. The number of rotatable bonds is 7. The van der Waals surface area contributed by atoms with E-state index in [0.29, 0.717) is 10.8 Å². The SMILES string of the molecule is Cc1nc(C)c(-c2csc(NC(=O)Cc3cc(O)cc(C(=O)N[C@H](c4ccccc4)C(F)(F)F)c3)n2)s1. The Balaban J connectivity index is 1.46. The van der Waals surface area contributed by atoms with Crippen LogP contribution in [-0.2, 0) is 11.2 Å². The maximum absolute atomic E-state index is 13.6. The number of anilines is 1. The van der Waals surface area contributed by atoms with Crippen LogP contribution in [0.4, 0.5) is 18.3 Å². The number of nitrogens with zero attached hydrogens (tertiary/aromatic N) is 2. The number of amides is 2. The van der Waals surface area contributed by atoms with Crippen molar-refractivity contribution in [1.82, 2.24) is 15.3 Å². The van der Waals surface area contributed by atoms with Gasteiger partial charge in [0.05, 0.1) is 27.7 Å². The molecule has 2 aromatic carbocycles. The van der Waals surface area contributed by atoms with Gasteiger partial charge in [0.25, 0.3) is 5.91 Å². The number of phenolic OH excluding ortho intramolecular Hbond substituents is 1. The minimum absolute atomic E-state index is 0.130. The van der Waals surface area contributed by atoms with Crippen LogP contribution in [0, 0.1) is 13.8 Å². The number of benzene rings is 2. The zero-order valence-corrected chi connectivity index (χ0v) is 21.2. The second-order valence-corrected chi connectivity index (χ2v) is 10.2. The average molecular weight is 547 g/mol. The molecule has 0 saturated heterocycles. The number of aryl methyl sites for hydroxylation is 2. The standard InChI is InChI=1S/C25H21F3N4O3S2/c1-13-21(37-14(2)29-13)19-12-36-24(30-19)31-20(34)10-15-8-17(11-18(33)9-15)23(35)32-22(25(26,27)28)16-6-4-3-5-7-16/h3-9,11-12,22,33H,10H2,1-2H3,(H,32,35)(H,30,31,34)/t22-/m1/s1. The Hall–Kier alpha value is -3.77. The largest absolute Gasteiger partial charge is 0.508 e. The van der Waals surface area contributed by atoms with Gasteiger partial charge in [0.15, 0.2) is 11.2 Å². The van der Waals surface area contributed by atoms with Gasteiger partial charge in [-0.25, -0.2) is 9.97 Å². The van der Waals surface area contributed by atoms with Crippen LogP contribution in [0.2, 0.25) is 0 Å². The molecule has 0 spiro atoms. The lowest BCUT2D eigenvalue weighted by atomic mass is 10.0.